The number of anilines is 1. The van der Waals surface area contributed by atoms with Crippen LogP contribution in [-0.2, 0) is 11.3 Å². The minimum absolute atomic E-state index is 0.0272. The standard InChI is InChI=1S/C23H28N2O5S2/c1-22(2,3)17-15-14(11-30-23(17,4)5)32-19(16(15)20(27)28)25-21(31)24-18(26)12-7-9-13(29-6)10-8-12/h7-10,17H,11H2,1-6H3,(H,27,28)(H2,24,25,26,31). The van der Waals surface area contributed by atoms with E-state index in [1.807, 2.05) is 13.8 Å². The van der Waals surface area contributed by atoms with Crippen LogP contribution in [0.2, 0.25) is 0 Å². The number of benzene rings is 1. The molecule has 9 heteroatoms. The van der Waals surface area contributed by atoms with E-state index >= 15 is 0 Å². The molecule has 7 nitrogen and oxygen atoms in total. The van der Waals surface area contributed by atoms with E-state index in [0.717, 1.165) is 10.4 Å². The fourth-order valence-corrected chi connectivity index (χ4v) is 5.82. The van der Waals surface area contributed by atoms with Crippen molar-refractivity contribution in [3.05, 3.63) is 45.8 Å². The average molecular weight is 477 g/mol. The van der Waals surface area contributed by atoms with E-state index in [4.69, 9.17) is 21.7 Å². The minimum atomic E-state index is -1.04. The molecule has 2 aromatic rings. The highest BCUT2D eigenvalue weighted by Gasteiger charge is 2.47. The topological polar surface area (TPSA) is 96.9 Å². The lowest BCUT2D eigenvalue weighted by atomic mass is 9.66. The molecule has 0 radical (unpaired) electrons. The highest BCUT2D eigenvalue weighted by Crippen LogP contribution is 2.53. The largest absolute Gasteiger partial charge is 0.497 e. The first-order valence-corrected chi connectivity index (χ1v) is 11.4. The summed E-state index contributed by atoms with van der Waals surface area (Å²) in [6.45, 7) is 10.5. The van der Waals surface area contributed by atoms with E-state index in [1.165, 1.54) is 11.3 Å². The summed E-state index contributed by atoms with van der Waals surface area (Å²) in [5.41, 5.74) is 0.600. The monoisotopic (exact) mass is 476 g/mol. The van der Waals surface area contributed by atoms with Crippen molar-refractivity contribution in [1.82, 2.24) is 5.32 Å². The number of hydrogen-bond acceptors (Lipinski definition) is 6. The summed E-state index contributed by atoms with van der Waals surface area (Å²) < 4.78 is 11.2. The molecule has 0 spiro atoms. The molecule has 1 aliphatic rings. The van der Waals surface area contributed by atoms with Crippen molar-refractivity contribution in [2.75, 3.05) is 12.4 Å². The number of nitrogens with one attached hydrogen (secondary N) is 2. The van der Waals surface area contributed by atoms with Crippen LogP contribution in [0.3, 0.4) is 0 Å². The lowest BCUT2D eigenvalue weighted by molar-refractivity contribution is -0.0843. The third kappa shape index (κ3) is 4.79. The van der Waals surface area contributed by atoms with Gasteiger partial charge in [-0.2, -0.15) is 0 Å². The maximum absolute atomic E-state index is 12.5. The number of rotatable bonds is 4. The minimum Gasteiger partial charge on any atom is -0.497 e. The number of fused-ring (bicyclic) bond motifs is 1. The van der Waals surface area contributed by atoms with Gasteiger partial charge in [0, 0.05) is 16.4 Å². The van der Waals surface area contributed by atoms with Crippen LogP contribution < -0.4 is 15.4 Å². The van der Waals surface area contributed by atoms with Crippen LogP contribution in [0.25, 0.3) is 0 Å². The van der Waals surface area contributed by atoms with Gasteiger partial charge in [-0.05, 0) is 61.3 Å². The van der Waals surface area contributed by atoms with E-state index in [1.54, 1.807) is 31.4 Å². The van der Waals surface area contributed by atoms with Crippen LogP contribution in [0.5, 0.6) is 5.75 Å². The van der Waals surface area contributed by atoms with Crippen LogP contribution in [0.15, 0.2) is 24.3 Å². The van der Waals surface area contributed by atoms with Gasteiger partial charge >= 0.3 is 5.97 Å². The van der Waals surface area contributed by atoms with Crippen molar-refractivity contribution in [2.24, 2.45) is 5.41 Å². The summed E-state index contributed by atoms with van der Waals surface area (Å²) in [5, 5.41) is 16.0. The molecule has 0 aliphatic carbocycles. The molecule has 32 heavy (non-hydrogen) atoms. The van der Waals surface area contributed by atoms with E-state index in [2.05, 4.69) is 31.4 Å². The Morgan fingerprint density at radius 2 is 1.88 bits per heavy atom. The Bertz CT molecular complexity index is 1050. The third-order valence-electron chi connectivity index (χ3n) is 5.47. The van der Waals surface area contributed by atoms with E-state index in [9.17, 15) is 14.7 Å². The zero-order chi connectivity index (χ0) is 23.8. The Morgan fingerprint density at radius 1 is 1.25 bits per heavy atom. The molecule has 2 heterocycles. The number of ether oxygens (including phenoxy) is 2. The second-order valence-corrected chi connectivity index (χ2v) is 10.8. The molecule has 172 valence electrons. The molecule has 1 aromatic carbocycles. The Kier molecular flexibility index (Phi) is 6.65. The Hall–Kier alpha value is -2.49. The van der Waals surface area contributed by atoms with Gasteiger partial charge in [-0.15, -0.1) is 11.3 Å². The Balaban J connectivity index is 1.89. The fourth-order valence-electron chi connectivity index (χ4n) is 4.41. The highest BCUT2D eigenvalue weighted by atomic mass is 32.1. The number of carboxylic acid groups (broad SMARTS) is 1. The molecule has 0 saturated carbocycles. The second kappa shape index (κ2) is 8.80. The van der Waals surface area contributed by atoms with Crippen LogP contribution in [-0.4, -0.2) is 34.8 Å². The van der Waals surface area contributed by atoms with Crippen molar-refractivity contribution < 1.29 is 24.2 Å². The predicted molar refractivity (Wildman–Crippen MR) is 129 cm³/mol. The van der Waals surface area contributed by atoms with Crippen molar-refractivity contribution >= 4 is 45.5 Å². The van der Waals surface area contributed by atoms with Gasteiger partial charge in [-0.25, -0.2) is 4.79 Å². The lowest BCUT2D eigenvalue weighted by Gasteiger charge is -2.46. The zero-order valence-corrected chi connectivity index (χ0v) is 20.6. The van der Waals surface area contributed by atoms with Gasteiger partial charge in [-0.1, -0.05) is 20.8 Å². The molecule has 0 bridgehead atoms. The molecule has 1 atom stereocenters. The first-order valence-electron chi connectivity index (χ1n) is 10.1. The van der Waals surface area contributed by atoms with Gasteiger partial charge < -0.3 is 19.9 Å². The number of aromatic carboxylic acids is 1. The van der Waals surface area contributed by atoms with Crippen LogP contribution in [0, 0.1) is 5.41 Å². The molecule has 1 unspecified atom stereocenters. The molecule has 1 amide bonds. The van der Waals surface area contributed by atoms with Crippen LogP contribution in [0.4, 0.5) is 5.00 Å². The van der Waals surface area contributed by atoms with Crippen molar-refractivity contribution in [3.8, 4) is 5.75 Å². The first kappa shape index (κ1) is 24.2. The van der Waals surface area contributed by atoms with E-state index in [0.29, 0.717) is 22.9 Å². The van der Waals surface area contributed by atoms with E-state index < -0.39 is 17.5 Å². The Labute approximate surface area is 197 Å². The number of carbonyl (C=O) groups is 2. The van der Waals surface area contributed by atoms with Gasteiger partial charge in [0.05, 0.1) is 24.9 Å². The van der Waals surface area contributed by atoms with Crippen molar-refractivity contribution in [1.29, 1.82) is 0 Å². The third-order valence-corrected chi connectivity index (χ3v) is 6.77. The smallest absolute Gasteiger partial charge is 0.339 e. The quantitative estimate of drug-likeness (QED) is 0.533. The number of thiophene rings is 1. The number of carbonyl (C=O) groups excluding carboxylic acids is 1. The summed E-state index contributed by atoms with van der Waals surface area (Å²) in [6, 6.07) is 6.60. The number of thiocarbonyl (C=S) groups is 1. The molecule has 3 rings (SSSR count). The van der Waals surface area contributed by atoms with Gasteiger partial charge in [0.1, 0.15) is 10.8 Å². The van der Waals surface area contributed by atoms with Gasteiger partial charge in [-0.3, -0.25) is 10.1 Å². The first-order chi connectivity index (χ1) is 14.8. The summed E-state index contributed by atoms with van der Waals surface area (Å²) in [5.74, 6) is -0.947. The van der Waals surface area contributed by atoms with Crippen molar-refractivity contribution in [3.63, 3.8) is 0 Å². The van der Waals surface area contributed by atoms with Crippen LogP contribution >= 0.6 is 23.6 Å². The lowest BCUT2D eigenvalue weighted by Crippen LogP contribution is -2.43. The van der Waals surface area contributed by atoms with E-state index in [-0.39, 0.29) is 22.0 Å². The zero-order valence-electron chi connectivity index (χ0n) is 19.0. The molecular weight excluding hydrogens is 448 g/mol. The molecule has 1 aromatic heterocycles. The molecule has 1 aliphatic heterocycles. The molecule has 3 N–H and O–H groups in total. The number of carboxylic acids is 1. The van der Waals surface area contributed by atoms with Gasteiger partial charge in [0.2, 0.25) is 0 Å². The van der Waals surface area contributed by atoms with Crippen LogP contribution in [0.1, 0.15) is 71.7 Å². The maximum Gasteiger partial charge on any atom is 0.339 e. The number of hydrogen-bond donors (Lipinski definition) is 3. The Morgan fingerprint density at radius 3 is 2.41 bits per heavy atom. The van der Waals surface area contributed by atoms with Crippen molar-refractivity contribution in [2.45, 2.75) is 52.7 Å². The molecule has 0 fully saturated rings. The van der Waals surface area contributed by atoms with Gasteiger partial charge in [0.25, 0.3) is 5.91 Å². The van der Waals surface area contributed by atoms with Gasteiger partial charge in [0.15, 0.2) is 5.11 Å². The maximum atomic E-state index is 12.5. The number of amides is 1. The summed E-state index contributed by atoms with van der Waals surface area (Å²) in [4.78, 5) is 25.7. The fraction of sp³-hybridized carbons (Fsp3) is 0.435. The average Bonchev–Trinajstić information content (AvgIpc) is 3.03. The molecule has 0 saturated heterocycles. The summed E-state index contributed by atoms with van der Waals surface area (Å²) in [6.07, 6.45) is 0. The summed E-state index contributed by atoms with van der Waals surface area (Å²) >= 11 is 6.61. The normalized spacial score (nSPS) is 17.2. The number of methoxy groups -OCH3 is 1. The second-order valence-electron chi connectivity index (χ2n) is 9.28. The summed E-state index contributed by atoms with van der Waals surface area (Å²) in [7, 11) is 1.55. The predicted octanol–water partition coefficient (Wildman–Crippen LogP) is 5.02. The molecular formula is C23H28N2O5S2. The highest BCUT2D eigenvalue weighted by molar-refractivity contribution is 7.80. The SMILES string of the molecule is COc1ccc(C(=O)NC(=S)Nc2sc3c(c2C(=O)O)C(C(C)(C)C)C(C)(C)OC3)cc1.